The van der Waals surface area contributed by atoms with E-state index in [0.717, 1.165) is 80.1 Å². The average Bonchev–Trinajstić information content (AvgIpc) is 4.11. The van der Waals surface area contributed by atoms with E-state index in [9.17, 15) is 24.3 Å². The Morgan fingerprint density at radius 2 is 1.20 bits per heavy atom. The molecule has 12 rings (SSSR count). The molecule has 12 atom stereocenters. The maximum atomic E-state index is 12.6. The number of carboxylic acids is 1. The minimum Gasteiger partial charge on any atom is -0.508 e. The summed E-state index contributed by atoms with van der Waals surface area (Å²) >= 11 is 3.80. The zero-order chi connectivity index (χ0) is 47.9. The van der Waals surface area contributed by atoms with Gasteiger partial charge in [0.05, 0.1) is 24.2 Å². The summed E-state index contributed by atoms with van der Waals surface area (Å²) in [4.78, 5) is 50.8. The quantitative estimate of drug-likeness (QED) is 0.0554. The Bertz CT molecular complexity index is 2240. The molecular formula is C54H77ClN6O7S2. The molecule has 5 unspecified atom stereocenters. The Balaban J connectivity index is 0.000000143. The normalized spacial score (nSPS) is 35.1. The lowest BCUT2D eigenvalue weighted by atomic mass is 9.52. The molecule has 4 bridgehead atoms. The number of hydrogen-bond acceptors (Lipinski definition) is 10. The Labute approximate surface area is 429 Å². The lowest BCUT2D eigenvalue weighted by Crippen LogP contribution is -2.59. The third kappa shape index (κ3) is 10.4. The predicted octanol–water partition coefficient (Wildman–Crippen LogP) is 8.31. The van der Waals surface area contributed by atoms with Crippen molar-refractivity contribution in [3.05, 3.63) is 58.7 Å². The number of carbonyl (C=O) groups excluding carboxylic acids is 3. The van der Waals surface area contributed by atoms with Crippen LogP contribution in [0, 0.1) is 11.8 Å². The maximum Gasteiger partial charge on any atom is 0.315 e. The molecule has 6 heterocycles. The van der Waals surface area contributed by atoms with Crippen molar-refractivity contribution in [1.82, 2.24) is 31.1 Å². The number of hydrogen-bond donors (Lipinski definition) is 6. The molecule has 2 aromatic carbocycles. The summed E-state index contributed by atoms with van der Waals surface area (Å²) in [5, 5.41) is 31.2. The van der Waals surface area contributed by atoms with E-state index in [4.69, 9.17) is 9.84 Å². The molecule has 4 aliphatic carbocycles. The second-order valence-electron chi connectivity index (χ2n) is 22.3. The Morgan fingerprint density at radius 1 is 0.686 bits per heavy atom. The van der Waals surface area contributed by atoms with E-state index in [1.807, 2.05) is 35.7 Å². The van der Waals surface area contributed by atoms with Crippen molar-refractivity contribution >= 4 is 59.9 Å². The van der Waals surface area contributed by atoms with Crippen molar-refractivity contribution in [1.29, 1.82) is 0 Å². The van der Waals surface area contributed by atoms with E-state index in [1.165, 1.54) is 106 Å². The van der Waals surface area contributed by atoms with Gasteiger partial charge in [0.1, 0.15) is 11.5 Å². The van der Waals surface area contributed by atoms with Crippen molar-refractivity contribution < 1.29 is 34.1 Å². The number of fused-ring (bicyclic) bond motifs is 4. The van der Waals surface area contributed by atoms with E-state index >= 15 is 0 Å². The van der Waals surface area contributed by atoms with E-state index in [0.29, 0.717) is 34.1 Å². The highest BCUT2D eigenvalue weighted by atomic mass is 35.5. The number of nitrogens with zero attached hydrogens (tertiary/aromatic N) is 2. The third-order valence-corrected chi connectivity index (χ3v) is 21.6. The molecule has 0 aromatic heterocycles. The molecule has 16 heteroatoms. The molecule has 6 N–H and O–H groups in total. The van der Waals surface area contributed by atoms with Gasteiger partial charge in [-0.15, -0.1) is 12.4 Å². The number of amides is 4. The van der Waals surface area contributed by atoms with Crippen LogP contribution in [0.25, 0.3) is 0 Å². The number of carboxylic acid groups (broad SMARTS) is 1. The number of unbranched alkanes of at least 4 members (excludes halogenated alkanes) is 2. The van der Waals surface area contributed by atoms with Crippen LogP contribution >= 0.6 is 35.9 Å². The van der Waals surface area contributed by atoms with Gasteiger partial charge in [0.25, 0.3) is 0 Å². The van der Waals surface area contributed by atoms with Gasteiger partial charge in [-0.1, -0.05) is 50.7 Å². The first kappa shape index (κ1) is 51.5. The summed E-state index contributed by atoms with van der Waals surface area (Å²) in [5.74, 6) is 3.83. The van der Waals surface area contributed by atoms with Gasteiger partial charge in [-0.3, -0.25) is 9.59 Å². The molecule has 2 aromatic rings. The number of phenols is 1. The number of likely N-dealkylation sites (N-methyl/N-ethyl adjacent to an activating group) is 2. The second-order valence-corrected chi connectivity index (χ2v) is 24.8. The summed E-state index contributed by atoms with van der Waals surface area (Å²) in [5.41, 5.74) is 6.59. The number of benzene rings is 2. The number of esters is 1. The van der Waals surface area contributed by atoms with Crippen molar-refractivity contribution in [2.75, 3.05) is 38.7 Å². The summed E-state index contributed by atoms with van der Waals surface area (Å²) in [7, 11) is 4.60. The van der Waals surface area contributed by atoms with Crippen LogP contribution in [0.3, 0.4) is 0 Å². The SMILES string of the molecule is CN1CC[C@]23CCCC[C@H]2[C@H]1Cc1ccc(O)cc13.CN1CC[C@]23CCCC[C@H]2[C@H]1Cc1ccc(OC(=O)CCCCC2SCC4NC(=O)NC42)cc13.Cl.O=C(O)CCCC[C@@H]1SCC2NC(=O)NC21. The molecular weight excluding hydrogens is 944 g/mol. The zero-order valence-electron chi connectivity index (χ0n) is 41.3. The third-order valence-electron chi connectivity index (χ3n) is 18.5. The molecule has 0 spiro atoms. The largest absolute Gasteiger partial charge is 0.508 e. The van der Waals surface area contributed by atoms with E-state index in [1.54, 1.807) is 0 Å². The number of likely N-dealkylation sites (tertiary alicyclic amines) is 2. The molecule has 384 valence electrons. The topological polar surface area (TPSA) is 173 Å². The number of ether oxygens (including phenoxy) is 1. The molecule has 2 saturated carbocycles. The van der Waals surface area contributed by atoms with Crippen LogP contribution in [0.1, 0.15) is 138 Å². The summed E-state index contributed by atoms with van der Waals surface area (Å²) in [6.45, 7) is 2.39. The van der Waals surface area contributed by atoms with Crippen LogP contribution in [-0.4, -0.2) is 129 Å². The minimum absolute atomic E-state index is 0. The number of aromatic hydroxyl groups is 1. The fraction of sp³-hybridized carbons (Fsp3) is 0.704. The zero-order valence-corrected chi connectivity index (χ0v) is 43.7. The lowest BCUT2D eigenvalue weighted by Gasteiger charge is -2.58. The van der Waals surface area contributed by atoms with Gasteiger partial charge in [-0.2, -0.15) is 23.5 Å². The number of urea groups is 2. The Morgan fingerprint density at radius 3 is 1.74 bits per heavy atom. The van der Waals surface area contributed by atoms with E-state index < -0.39 is 5.97 Å². The fourth-order valence-corrected chi connectivity index (χ4v) is 18.2. The number of piperidine rings is 2. The lowest BCUT2D eigenvalue weighted by molar-refractivity contribution is -0.137. The van der Waals surface area contributed by atoms with Crippen LogP contribution < -0.4 is 26.0 Å². The maximum absolute atomic E-state index is 12.6. The van der Waals surface area contributed by atoms with E-state index in [-0.39, 0.29) is 66.4 Å². The monoisotopic (exact) mass is 1020 g/mol. The molecule has 0 radical (unpaired) electrons. The van der Waals surface area contributed by atoms with Crippen molar-refractivity contribution in [2.45, 2.75) is 186 Å². The highest BCUT2D eigenvalue weighted by Crippen LogP contribution is 2.57. The van der Waals surface area contributed by atoms with Gasteiger partial charge in [0, 0.05) is 57.8 Å². The van der Waals surface area contributed by atoms with Gasteiger partial charge >= 0.3 is 24.0 Å². The first-order valence-corrected chi connectivity index (χ1v) is 28.7. The predicted molar refractivity (Wildman–Crippen MR) is 280 cm³/mol. The molecule has 6 aliphatic heterocycles. The standard InChI is InChI=1S/C27H37N3O3S.C17H23NO.C10H16N2O3S.ClH/c1-30-13-12-27-11-5-4-6-19(27)22(30)14-17-9-10-18(15-20(17)27)33-24(31)8-3-2-7-23-25-21(16-34-23)28-26(32)29-25;1-18-9-8-17-7-3-2-4-14(17)16(18)10-12-5-6-13(19)11-15(12)17;13-8(14)4-2-1-3-7-9-6(5-16-7)11-10(15)12-9;/h9-10,15,19,21-23,25H,2-8,11-14,16H2,1H3,(H2,28,29,32);5-6,11,14,16,19H,2-4,7-10H2,1H3;6-7,9H,1-5H2,(H,13,14)(H2,11,12,15);1H/t19-,21?,22+,23?,25?,27+;14-,16+,17+;6?,7-,9?;/m000./s1. The number of phenolic OH excluding ortho intramolecular Hbond substituents is 1. The number of carbonyl (C=O) groups is 4. The van der Waals surface area contributed by atoms with E-state index in [2.05, 4.69) is 69.4 Å². The van der Waals surface area contributed by atoms with Crippen LogP contribution in [0.4, 0.5) is 9.59 Å². The fourth-order valence-electron chi connectivity index (χ4n) is 15.1. The molecule has 6 saturated heterocycles. The Kier molecular flexibility index (Phi) is 16.2. The number of halogens is 1. The van der Waals surface area contributed by atoms with Crippen molar-refractivity contribution in [3.8, 4) is 11.5 Å². The molecule has 13 nitrogen and oxygen atoms in total. The van der Waals surface area contributed by atoms with Gasteiger partial charge in [0.15, 0.2) is 0 Å². The molecule has 10 aliphatic rings. The highest BCUT2D eigenvalue weighted by Gasteiger charge is 2.55. The molecule has 4 amide bonds. The van der Waals surface area contributed by atoms with Crippen LogP contribution in [0.5, 0.6) is 11.5 Å². The van der Waals surface area contributed by atoms with Gasteiger partial charge < -0.3 is 46.0 Å². The summed E-state index contributed by atoms with van der Waals surface area (Å²) in [6.07, 6.45) is 21.7. The van der Waals surface area contributed by atoms with Gasteiger partial charge in [-0.25, -0.2) is 9.59 Å². The van der Waals surface area contributed by atoms with Crippen LogP contribution in [0.2, 0.25) is 0 Å². The number of aliphatic carboxylic acids is 1. The summed E-state index contributed by atoms with van der Waals surface area (Å²) in [6, 6.07) is 14.9. The minimum atomic E-state index is -0.729. The highest BCUT2D eigenvalue weighted by molar-refractivity contribution is 8.00. The van der Waals surface area contributed by atoms with Crippen LogP contribution in [0.15, 0.2) is 36.4 Å². The first-order valence-electron chi connectivity index (χ1n) is 26.6. The first-order chi connectivity index (χ1) is 33.4. The summed E-state index contributed by atoms with van der Waals surface area (Å²) < 4.78 is 5.85. The second kappa shape index (κ2) is 22.0. The van der Waals surface area contributed by atoms with Crippen LogP contribution in [-0.2, 0) is 33.3 Å². The number of thioether (sulfide) groups is 2. The average molecular weight is 1020 g/mol. The van der Waals surface area contributed by atoms with Crippen molar-refractivity contribution in [2.24, 2.45) is 11.8 Å². The number of rotatable bonds is 11. The molecule has 8 fully saturated rings. The number of nitrogens with one attached hydrogen (secondary N) is 4. The Hall–Kier alpha value is -3.37. The smallest absolute Gasteiger partial charge is 0.315 e. The molecule has 70 heavy (non-hydrogen) atoms. The van der Waals surface area contributed by atoms with Crippen molar-refractivity contribution in [3.63, 3.8) is 0 Å². The van der Waals surface area contributed by atoms with Gasteiger partial charge in [0.2, 0.25) is 0 Å². The van der Waals surface area contributed by atoms with Gasteiger partial charge in [-0.05, 0) is 163 Å².